The molecule has 1 N–H and O–H groups in total. The number of nitrogens with one attached hydrogen (secondary N) is 1. The highest BCUT2D eigenvalue weighted by molar-refractivity contribution is 14.1. The molecule has 0 radical (unpaired) electrons. The van der Waals surface area contributed by atoms with Crippen molar-refractivity contribution in [3.8, 4) is 0 Å². The van der Waals surface area contributed by atoms with Crippen LogP contribution in [0.25, 0.3) is 0 Å². The number of amides is 1. The first-order valence-electron chi connectivity index (χ1n) is 5.29. The van der Waals surface area contributed by atoms with Gasteiger partial charge in [0.1, 0.15) is 0 Å². The summed E-state index contributed by atoms with van der Waals surface area (Å²) < 4.78 is 1.18. The van der Waals surface area contributed by atoms with E-state index >= 15 is 0 Å². The SMILES string of the molecule is O=C(CC1CCC1)Nc1ccc(I)cc1. The third-order valence-electron chi connectivity index (χ3n) is 2.83. The van der Waals surface area contributed by atoms with E-state index in [-0.39, 0.29) is 5.91 Å². The molecule has 0 bridgehead atoms. The summed E-state index contributed by atoms with van der Waals surface area (Å²) in [6, 6.07) is 7.89. The molecule has 1 aromatic carbocycles. The Morgan fingerprint density at radius 3 is 2.53 bits per heavy atom. The van der Waals surface area contributed by atoms with Gasteiger partial charge in [-0.2, -0.15) is 0 Å². The lowest BCUT2D eigenvalue weighted by atomic mass is 9.83. The van der Waals surface area contributed by atoms with Gasteiger partial charge in [-0.15, -0.1) is 0 Å². The molecule has 0 saturated heterocycles. The zero-order valence-electron chi connectivity index (χ0n) is 8.50. The van der Waals surface area contributed by atoms with Crippen LogP contribution in [0.2, 0.25) is 0 Å². The fourth-order valence-electron chi connectivity index (χ4n) is 1.70. The lowest BCUT2D eigenvalue weighted by Crippen LogP contribution is -2.20. The first-order chi connectivity index (χ1) is 7.24. The number of carbonyl (C=O) groups is 1. The van der Waals surface area contributed by atoms with Crippen LogP contribution >= 0.6 is 22.6 Å². The van der Waals surface area contributed by atoms with Gasteiger partial charge < -0.3 is 5.32 Å². The molecule has 1 aliphatic carbocycles. The molecule has 1 aromatic rings. The van der Waals surface area contributed by atoms with Crippen molar-refractivity contribution in [3.05, 3.63) is 27.8 Å². The van der Waals surface area contributed by atoms with Crippen LogP contribution in [0.3, 0.4) is 0 Å². The first-order valence-corrected chi connectivity index (χ1v) is 6.37. The molecule has 2 rings (SSSR count). The molecule has 1 amide bonds. The molecule has 3 heteroatoms. The number of hydrogen-bond acceptors (Lipinski definition) is 1. The van der Waals surface area contributed by atoms with E-state index in [4.69, 9.17) is 0 Å². The zero-order valence-corrected chi connectivity index (χ0v) is 10.7. The van der Waals surface area contributed by atoms with Gasteiger partial charge in [0.15, 0.2) is 0 Å². The van der Waals surface area contributed by atoms with Crippen LogP contribution in [0.15, 0.2) is 24.3 Å². The number of benzene rings is 1. The Kier molecular flexibility index (Phi) is 3.61. The van der Waals surface area contributed by atoms with E-state index in [9.17, 15) is 4.79 Å². The summed E-state index contributed by atoms with van der Waals surface area (Å²) in [6.45, 7) is 0. The van der Waals surface area contributed by atoms with Gasteiger partial charge in [0.05, 0.1) is 0 Å². The van der Waals surface area contributed by atoms with Gasteiger partial charge in [-0.3, -0.25) is 4.79 Å². The molecule has 1 saturated carbocycles. The third kappa shape index (κ3) is 3.19. The molecule has 0 unspecified atom stereocenters. The highest BCUT2D eigenvalue weighted by atomic mass is 127. The van der Waals surface area contributed by atoms with Crippen molar-refractivity contribution >= 4 is 34.2 Å². The molecular weight excluding hydrogens is 301 g/mol. The van der Waals surface area contributed by atoms with Crippen LogP contribution in [0, 0.1) is 9.49 Å². The van der Waals surface area contributed by atoms with Gasteiger partial charge in [-0.05, 0) is 65.6 Å². The Labute approximate surface area is 104 Å². The molecule has 0 aliphatic heterocycles. The molecule has 2 nitrogen and oxygen atoms in total. The molecule has 0 spiro atoms. The molecular formula is C12H14INO. The predicted octanol–water partition coefficient (Wildman–Crippen LogP) is 3.42. The van der Waals surface area contributed by atoms with Crippen molar-refractivity contribution in [2.24, 2.45) is 5.92 Å². The van der Waals surface area contributed by atoms with Gasteiger partial charge >= 0.3 is 0 Å². The van der Waals surface area contributed by atoms with Crippen molar-refractivity contribution in [1.82, 2.24) is 0 Å². The summed E-state index contributed by atoms with van der Waals surface area (Å²) in [4.78, 5) is 11.6. The first kappa shape index (κ1) is 10.9. The van der Waals surface area contributed by atoms with Gasteiger partial charge in [0.25, 0.3) is 0 Å². The monoisotopic (exact) mass is 315 g/mol. The lowest BCUT2D eigenvalue weighted by molar-refractivity contribution is -0.117. The zero-order chi connectivity index (χ0) is 10.7. The minimum absolute atomic E-state index is 0.154. The Bertz CT molecular complexity index is 343. The Morgan fingerprint density at radius 1 is 1.33 bits per heavy atom. The lowest BCUT2D eigenvalue weighted by Gasteiger charge is -2.24. The van der Waals surface area contributed by atoms with E-state index < -0.39 is 0 Å². The summed E-state index contributed by atoms with van der Waals surface area (Å²) in [7, 11) is 0. The highest BCUT2D eigenvalue weighted by Gasteiger charge is 2.20. The fourth-order valence-corrected chi connectivity index (χ4v) is 2.06. The molecule has 0 atom stereocenters. The standard InChI is InChI=1S/C12H14INO/c13-10-4-6-11(7-5-10)14-12(15)8-9-2-1-3-9/h4-7,9H,1-3,8H2,(H,14,15). The second-order valence-corrected chi connectivity index (χ2v) is 5.30. The molecule has 1 fully saturated rings. The number of halogens is 1. The van der Waals surface area contributed by atoms with Crippen molar-refractivity contribution in [1.29, 1.82) is 0 Å². The van der Waals surface area contributed by atoms with Crippen molar-refractivity contribution < 1.29 is 4.79 Å². The highest BCUT2D eigenvalue weighted by Crippen LogP contribution is 2.29. The number of hydrogen-bond donors (Lipinski definition) is 1. The molecule has 15 heavy (non-hydrogen) atoms. The van der Waals surface area contributed by atoms with E-state index in [1.807, 2.05) is 24.3 Å². The fraction of sp³-hybridized carbons (Fsp3) is 0.417. The number of anilines is 1. The summed E-state index contributed by atoms with van der Waals surface area (Å²) in [6.07, 6.45) is 4.42. The van der Waals surface area contributed by atoms with Crippen LogP contribution < -0.4 is 5.32 Å². The van der Waals surface area contributed by atoms with Crippen molar-refractivity contribution in [2.75, 3.05) is 5.32 Å². The summed E-state index contributed by atoms with van der Waals surface area (Å²) in [5.74, 6) is 0.787. The average molecular weight is 315 g/mol. The Morgan fingerprint density at radius 2 is 2.00 bits per heavy atom. The van der Waals surface area contributed by atoms with Gasteiger partial charge in [0.2, 0.25) is 5.91 Å². The van der Waals surface area contributed by atoms with E-state index in [0.29, 0.717) is 12.3 Å². The van der Waals surface area contributed by atoms with Crippen molar-refractivity contribution in [3.63, 3.8) is 0 Å². The van der Waals surface area contributed by atoms with Gasteiger partial charge in [-0.1, -0.05) is 6.42 Å². The Hall–Kier alpha value is -0.580. The second kappa shape index (κ2) is 4.96. The van der Waals surface area contributed by atoms with Crippen LogP contribution in [0.5, 0.6) is 0 Å². The Balaban J connectivity index is 1.84. The van der Waals surface area contributed by atoms with Crippen LogP contribution in [-0.2, 0) is 4.79 Å². The minimum Gasteiger partial charge on any atom is -0.326 e. The van der Waals surface area contributed by atoms with Crippen LogP contribution in [0.1, 0.15) is 25.7 Å². The second-order valence-electron chi connectivity index (χ2n) is 4.06. The van der Waals surface area contributed by atoms with E-state index in [1.165, 1.54) is 22.8 Å². The summed E-state index contributed by atoms with van der Waals surface area (Å²) in [5.41, 5.74) is 0.903. The van der Waals surface area contributed by atoms with Gasteiger partial charge in [-0.25, -0.2) is 0 Å². The predicted molar refractivity (Wildman–Crippen MR) is 69.7 cm³/mol. The van der Waals surface area contributed by atoms with E-state index in [1.54, 1.807) is 0 Å². The van der Waals surface area contributed by atoms with Crippen LogP contribution in [-0.4, -0.2) is 5.91 Å². The quantitative estimate of drug-likeness (QED) is 0.851. The third-order valence-corrected chi connectivity index (χ3v) is 3.55. The number of rotatable bonds is 3. The average Bonchev–Trinajstić information content (AvgIpc) is 2.16. The maximum absolute atomic E-state index is 11.6. The summed E-state index contributed by atoms with van der Waals surface area (Å²) in [5, 5.41) is 2.93. The van der Waals surface area contributed by atoms with Crippen LogP contribution in [0.4, 0.5) is 5.69 Å². The van der Waals surface area contributed by atoms with Gasteiger partial charge in [0, 0.05) is 15.7 Å². The number of carbonyl (C=O) groups excluding carboxylic acids is 1. The molecule has 1 aliphatic rings. The maximum Gasteiger partial charge on any atom is 0.224 e. The largest absolute Gasteiger partial charge is 0.326 e. The maximum atomic E-state index is 11.6. The minimum atomic E-state index is 0.154. The molecule has 0 heterocycles. The smallest absolute Gasteiger partial charge is 0.224 e. The molecule has 80 valence electrons. The van der Waals surface area contributed by atoms with E-state index in [2.05, 4.69) is 27.9 Å². The topological polar surface area (TPSA) is 29.1 Å². The normalized spacial score (nSPS) is 15.8. The summed E-state index contributed by atoms with van der Waals surface area (Å²) >= 11 is 2.25. The van der Waals surface area contributed by atoms with E-state index in [0.717, 1.165) is 5.69 Å². The van der Waals surface area contributed by atoms with Crippen molar-refractivity contribution in [2.45, 2.75) is 25.7 Å². The molecule has 0 aromatic heterocycles.